The van der Waals surface area contributed by atoms with E-state index in [-0.39, 0.29) is 0 Å². The lowest BCUT2D eigenvalue weighted by molar-refractivity contribution is 0.111. The number of aldehydes is 1. The molecule has 0 atom stereocenters. The van der Waals surface area contributed by atoms with Crippen molar-refractivity contribution in [3.05, 3.63) is 23.8 Å². The van der Waals surface area contributed by atoms with Crippen molar-refractivity contribution < 1.29 is 9.63 Å². The van der Waals surface area contributed by atoms with Crippen molar-refractivity contribution in [2.75, 3.05) is 30.2 Å². The fourth-order valence-corrected chi connectivity index (χ4v) is 1.42. The van der Waals surface area contributed by atoms with Crippen LogP contribution in [0.5, 0.6) is 5.75 Å². The highest BCUT2D eigenvalue weighted by Gasteiger charge is 2.09. The molecule has 4 nitrogen and oxygen atoms in total. The molecule has 2 N–H and O–H groups in total. The Morgan fingerprint density at radius 2 is 2.00 bits per heavy atom. The summed E-state index contributed by atoms with van der Waals surface area (Å²) in [5.74, 6) is 1.35. The van der Waals surface area contributed by atoms with Crippen molar-refractivity contribution in [2.24, 2.45) is 0 Å². The Balaban J connectivity index is 2.82. The molecule has 17 heavy (non-hydrogen) atoms. The minimum atomic E-state index is 0.424. The van der Waals surface area contributed by atoms with Crippen molar-refractivity contribution in [3.8, 4) is 5.75 Å². The highest BCUT2D eigenvalue weighted by atomic mass is 35.5. The first-order valence-electron chi connectivity index (χ1n) is 5.17. The van der Waals surface area contributed by atoms with Crippen LogP contribution in [0.4, 0.5) is 5.69 Å². The molecule has 0 saturated heterocycles. The highest BCUT2D eigenvalue weighted by Crippen LogP contribution is 2.27. The molecule has 1 aromatic rings. The average molecular weight is 277 g/mol. The SMILES string of the molecule is O=Cc1cccc(NCCCl)c1ONCCCl. The van der Waals surface area contributed by atoms with Gasteiger partial charge in [0.15, 0.2) is 12.0 Å². The minimum Gasteiger partial charge on any atom is -0.406 e. The van der Waals surface area contributed by atoms with Crippen LogP contribution in [0, 0.1) is 0 Å². The van der Waals surface area contributed by atoms with Gasteiger partial charge in [0.25, 0.3) is 0 Å². The average Bonchev–Trinajstić information content (AvgIpc) is 2.37. The van der Waals surface area contributed by atoms with Gasteiger partial charge < -0.3 is 10.2 Å². The number of benzene rings is 1. The molecule has 0 unspecified atom stereocenters. The van der Waals surface area contributed by atoms with Gasteiger partial charge in [-0.05, 0) is 12.1 Å². The first-order valence-corrected chi connectivity index (χ1v) is 6.24. The quantitative estimate of drug-likeness (QED) is 0.331. The van der Waals surface area contributed by atoms with E-state index in [4.69, 9.17) is 28.0 Å². The smallest absolute Gasteiger partial charge is 0.180 e. The van der Waals surface area contributed by atoms with Crippen LogP contribution in [-0.4, -0.2) is 31.1 Å². The summed E-state index contributed by atoms with van der Waals surface area (Å²) in [5, 5.41) is 3.08. The summed E-state index contributed by atoms with van der Waals surface area (Å²) in [5.41, 5.74) is 3.86. The van der Waals surface area contributed by atoms with E-state index in [1.54, 1.807) is 12.1 Å². The number of hydrogen-bond acceptors (Lipinski definition) is 4. The number of hydroxylamine groups is 1. The van der Waals surface area contributed by atoms with Crippen molar-refractivity contribution in [2.45, 2.75) is 0 Å². The minimum absolute atomic E-state index is 0.424. The first kappa shape index (κ1) is 14.1. The van der Waals surface area contributed by atoms with Gasteiger partial charge in [0.2, 0.25) is 0 Å². The maximum Gasteiger partial charge on any atom is 0.180 e. The summed E-state index contributed by atoms with van der Waals surface area (Å²) < 4.78 is 0. The van der Waals surface area contributed by atoms with Crippen LogP contribution in [0.15, 0.2) is 18.2 Å². The molecule has 0 radical (unpaired) electrons. The molecule has 94 valence electrons. The van der Waals surface area contributed by atoms with Gasteiger partial charge in [0.05, 0.1) is 11.3 Å². The van der Waals surface area contributed by atoms with Crippen molar-refractivity contribution in [1.29, 1.82) is 0 Å². The third-order valence-corrected chi connectivity index (χ3v) is 2.33. The van der Waals surface area contributed by atoms with Gasteiger partial charge in [-0.2, -0.15) is 5.48 Å². The Morgan fingerprint density at radius 3 is 2.65 bits per heavy atom. The number of hydrogen-bond donors (Lipinski definition) is 2. The normalized spacial score (nSPS) is 10.0. The van der Waals surface area contributed by atoms with Gasteiger partial charge in [-0.25, -0.2) is 0 Å². The highest BCUT2D eigenvalue weighted by molar-refractivity contribution is 6.18. The van der Waals surface area contributed by atoms with Gasteiger partial charge in [-0.15, -0.1) is 23.2 Å². The monoisotopic (exact) mass is 276 g/mol. The van der Waals surface area contributed by atoms with Crippen LogP contribution in [0.3, 0.4) is 0 Å². The number of alkyl halides is 2. The number of rotatable bonds is 8. The lowest BCUT2D eigenvalue weighted by atomic mass is 10.2. The number of carbonyl (C=O) groups excluding carboxylic acids is 1. The van der Waals surface area contributed by atoms with E-state index in [2.05, 4.69) is 10.8 Å². The molecular formula is C11H14Cl2N2O2. The predicted octanol–water partition coefficient (Wildman–Crippen LogP) is 2.27. The maximum absolute atomic E-state index is 10.9. The van der Waals surface area contributed by atoms with E-state index >= 15 is 0 Å². The van der Waals surface area contributed by atoms with Crippen molar-refractivity contribution >= 4 is 35.2 Å². The van der Waals surface area contributed by atoms with Crippen LogP contribution in [-0.2, 0) is 0 Å². The lowest BCUT2D eigenvalue weighted by Gasteiger charge is -2.13. The molecule has 0 amide bonds. The number of anilines is 1. The molecule has 0 fully saturated rings. The van der Waals surface area contributed by atoms with E-state index in [1.807, 2.05) is 6.07 Å². The van der Waals surface area contributed by atoms with Crippen LogP contribution < -0.4 is 15.6 Å². The molecule has 1 rings (SSSR count). The molecule has 0 saturated carbocycles. The fourth-order valence-electron chi connectivity index (χ4n) is 1.24. The molecule has 1 aromatic carbocycles. The van der Waals surface area contributed by atoms with E-state index < -0.39 is 0 Å². The largest absolute Gasteiger partial charge is 0.406 e. The number of halogens is 2. The summed E-state index contributed by atoms with van der Waals surface area (Å²) in [6.07, 6.45) is 0.740. The van der Waals surface area contributed by atoms with Crippen LogP contribution >= 0.6 is 23.2 Å². The molecule has 0 aromatic heterocycles. The zero-order valence-electron chi connectivity index (χ0n) is 9.21. The summed E-state index contributed by atoms with van der Waals surface area (Å²) in [6.45, 7) is 1.08. The Hall–Kier alpha value is -0.970. The summed E-state index contributed by atoms with van der Waals surface area (Å²) in [6, 6.07) is 5.27. The lowest BCUT2D eigenvalue weighted by Crippen LogP contribution is -2.22. The molecule has 0 bridgehead atoms. The van der Waals surface area contributed by atoms with E-state index in [0.717, 1.165) is 12.0 Å². The number of para-hydroxylation sites is 1. The molecule has 0 aliphatic rings. The van der Waals surface area contributed by atoms with E-state index in [0.29, 0.717) is 36.2 Å². The fraction of sp³-hybridized carbons (Fsp3) is 0.364. The topological polar surface area (TPSA) is 50.4 Å². The third-order valence-electron chi connectivity index (χ3n) is 1.95. The van der Waals surface area contributed by atoms with Crippen LogP contribution in [0.25, 0.3) is 0 Å². The van der Waals surface area contributed by atoms with Crippen LogP contribution in [0.1, 0.15) is 10.4 Å². The van der Waals surface area contributed by atoms with Crippen LogP contribution in [0.2, 0.25) is 0 Å². The second kappa shape index (κ2) is 8.17. The Bertz CT molecular complexity index is 361. The first-order chi connectivity index (χ1) is 8.33. The molecular weight excluding hydrogens is 263 g/mol. The standard InChI is InChI=1S/C11H14Cl2N2O2/c12-4-6-14-10-3-1-2-9(8-16)11(10)17-15-7-5-13/h1-3,8,14-15H,4-7H2. The van der Waals surface area contributed by atoms with E-state index in [9.17, 15) is 4.79 Å². The molecule has 0 heterocycles. The third kappa shape index (κ3) is 4.42. The number of nitrogens with one attached hydrogen (secondary N) is 2. The van der Waals surface area contributed by atoms with Gasteiger partial charge in [-0.3, -0.25) is 4.79 Å². The Labute approximate surface area is 110 Å². The zero-order valence-corrected chi connectivity index (χ0v) is 10.7. The molecule has 0 aliphatic carbocycles. The Kier molecular flexibility index (Phi) is 6.77. The summed E-state index contributed by atoms with van der Waals surface area (Å²) in [7, 11) is 0. The number of carbonyl (C=O) groups is 1. The van der Waals surface area contributed by atoms with Gasteiger partial charge in [0, 0.05) is 24.8 Å². The molecule has 0 aliphatic heterocycles. The Morgan fingerprint density at radius 1 is 1.24 bits per heavy atom. The zero-order chi connectivity index (χ0) is 12.5. The molecule has 6 heteroatoms. The second-order valence-electron chi connectivity index (χ2n) is 3.14. The van der Waals surface area contributed by atoms with Gasteiger partial charge in [0.1, 0.15) is 0 Å². The van der Waals surface area contributed by atoms with Crippen molar-refractivity contribution in [3.63, 3.8) is 0 Å². The van der Waals surface area contributed by atoms with Gasteiger partial charge in [-0.1, -0.05) is 6.07 Å². The summed E-state index contributed by atoms with van der Waals surface area (Å²) >= 11 is 11.1. The predicted molar refractivity (Wildman–Crippen MR) is 70.4 cm³/mol. The van der Waals surface area contributed by atoms with Crippen molar-refractivity contribution in [1.82, 2.24) is 5.48 Å². The van der Waals surface area contributed by atoms with Gasteiger partial charge >= 0.3 is 0 Å². The summed E-state index contributed by atoms with van der Waals surface area (Å²) in [4.78, 5) is 16.2. The second-order valence-corrected chi connectivity index (χ2v) is 3.90. The van der Waals surface area contributed by atoms with E-state index in [1.165, 1.54) is 0 Å². The maximum atomic E-state index is 10.9. The molecule has 0 spiro atoms.